The number of urea groups is 1. The predicted molar refractivity (Wildman–Crippen MR) is 91.8 cm³/mol. The molecule has 0 fully saturated rings. The summed E-state index contributed by atoms with van der Waals surface area (Å²) in [5.74, 6) is 0. The highest BCUT2D eigenvalue weighted by Gasteiger charge is 2.02. The maximum atomic E-state index is 11.7. The van der Waals surface area contributed by atoms with Gasteiger partial charge in [-0.1, -0.05) is 51.3 Å². The smallest absolute Gasteiger partial charge is 0.314 e. The molecule has 2 N–H and O–H groups in total. The highest BCUT2D eigenvalue weighted by atomic mass is 79.9. The molecule has 0 aliphatic carbocycles. The van der Waals surface area contributed by atoms with Gasteiger partial charge in [0.05, 0.1) is 0 Å². The van der Waals surface area contributed by atoms with Gasteiger partial charge in [0.15, 0.2) is 0 Å². The monoisotopic (exact) mass is 384 g/mol. The van der Waals surface area contributed by atoms with Crippen molar-refractivity contribution in [2.24, 2.45) is 0 Å². The van der Waals surface area contributed by atoms with Crippen LogP contribution in [-0.2, 0) is 0 Å². The van der Waals surface area contributed by atoms with Gasteiger partial charge < -0.3 is 10.6 Å². The highest BCUT2D eigenvalue weighted by Crippen LogP contribution is 2.22. The minimum absolute atomic E-state index is 0.373. The molecule has 2 aromatic carbocycles. The summed E-state index contributed by atoms with van der Waals surface area (Å²) in [6, 6.07) is 12.2. The number of nitrogens with one attached hydrogen (secondary N) is 2. The van der Waals surface area contributed by atoms with Crippen molar-refractivity contribution < 1.29 is 4.79 Å². The van der Waals surface area contributed by atoms with Crippen LogP contribution in [0.1, 0.15) is 5.56 Å². The van der Waals surface area contributed by atoms with Gasteiger partial charge >= 0.3 is 6.03 Å². The molecule has 6 heteroatoms. The van der Waals surface area contributed by atoms with Crippen LogP contribution in [0.15, 0.2) is 53.1 Å². The number of anilines is 1. The fraction of sp³-hybridized carbons (Fsp3) is 0. The third-order valence-corrected chi connectivity index (χ3v) is 3.45. The van der Waals surface area contributed by atoms with Gasteiger partial charge in [-0.05, 0) is 42.0 Å². The largest absolute Gasteiger partial charge is 0.323 e. The molecule has 0 bridgehead atoms. The van der Waals surface area contributed by atoms with Crippen LogP contribution in [0, 0.1) is 0 Å². The number of carbonyl (C=O) groups excluding carboxylic acids is 1. The first kappa shape index (κ1) is 15.9. The second kappa shape index (κ2) is 7.50. The second-order valence-electron chi connectivity index (χ2n) is 4.14. The molecule has 0 aliphatic rings. The molecule has 2 aromatic rings. The van der Waals surface area contributed by atoms with Gasteiger partial charge in [0, 0.05) is 26.4 Å². The van der Waals surface area contributed by atoms with Crippen molar-refractivity contribution in [3.63, 3.8) is 0 Å². The quantitative estimate of drug-likeness (QED) is 0.714. The Balaban J connectivity index is 1.91. The minimum atomic E-state index is -0.373. The van der Waals surface area contributed by atoms with E-state index in [9.17, 15) is 4.79 Å². The summed E-state index contributed by atoms with van der Waals surface area (Å²) in [5.41, 5.74) is 1.51. The average molecular weight is 386 g/mol. The number of carbonyl (C=O) groups is 1. The lowest BCUT2D eigenvalue weighted by Gasteiger charge is -2.05. The van der Waals surface area contributed by atoms with Crippen LogP contribution in [0.3, 0.4) is 0 Å². The fourth-order valence-electron chi connectivity index (χ4n) is 1.58. The molecule has 21 heavy (non-hydrogen) atoms. The van der Waals surface area contributed by atoms with Gasteiger partial charge in [0.25, 0.3) is 0 Å². The van der Waals surface area contributed by atoms with E-state index < -0.39 is 0 Å². The SMILES string of the molecule is O=C(N/C=C/c1ccc(Br)cc1)Nc1cc(Cl)cc(Cl)c1. The van der Waals surface area contributed by atoms with Crippen molar-refractivity contribution in [2.45, 2.75) is 0 Å². The third kappa shape index (κ3) is 5.42. The topological polar surface area (TPSA) is 41.1 Å². The lowest BCUT2D eigenvalue weighted by molar-refractivity contribution is 0.255. The summed E-state index contributed by atoms with van der Waals surface area (Å²) in [5, 5.41) is 6.17. The van der Waals surface area contributed by atoms with Gasteiger partial charge in [0.2, 0.25) is 0 Å². The lowest BCUT2D eigenvalue weighted by Crippen LogP contribution is -2.23. The van der Waals surface area contributed by atoms with Crippen molar-refractivity contribution >= 4 is 56.9 Å². The first-order chi connectivity index (χ1) is 10.0. The first-order valence-corrected chi connectivity index (χ1v) is 7.53. The molecule has 0 spiro atoms. The van der Waals surface area contributed by atoms with Crippen LogP contribution < -0.4 is 10.6 Å². The fourth-order valence-corrected chi connectivity index (χ4v) is 2.37. The van der Waals surface area contributed by atoms with E-state index in [4.69, 9.17) is 23.2 Å². The molecule has 2 rings (SSSR count). The Labute approximate surface area is 141 Å². The molecular formula is C15H11BrCl2N2O. The summed E-state index contributed by atoms with van der Waals surface area (Å²) < 4.78 is 1.00. The van der Waals surface area contributed by atoms with E-state index in [1.54, 1.807) is 30.5 Å². The predicted octanol–water partition coefficient (Wildman–Crippen LogP) is 5.55. The second-order valence-corrected chi connectivity index (χ2v) is 5.93. The zero-order chi connectivity index (χ0) is 15.2. The van der Waals surface area contributed by atoms with Crippen LogP contribution in [0.2, 0.25) is 10.0 Å². The summed E-state index contributed by atoms with van der Waals surface area (Å²) >= 11 is 15.1. The maximum absolute atomic E-state index is 11.7. The lowest BCUT2D eigenvalue weighted by atomic mass is 10.2. The zero-order valence-corrected chi connectivity index (χ0v) is 13.8. The van der Waals surface area contributed by atoms with Crippen LogP contribution >= 0.6 is 39.1 Å². The number of hydrogen-bond donors (Lipinski definition) is 2. The van der Waals surface area contributed by atoms with Crippen LogP contribution in [0.25, 0.3) is 6.08 Å². The molecule has 0 atom stereocenters. The Bertz CT molecular complexity index is 652. The minimum Gasteiger partial charge on any atom is -0.314 e. The molecule has 0 radical (unpaired) electrons. The molecular weight excluding hydrogens is 375 g/mol. The van der Waals surface area contributed by atoms with Gasteiger partial charge in [-0.3, -0.25) is 0 Å². The molecule has 0 aromatic heterocycles. The van der Waals surface area contributed by atoms with E-state index in [1.165, 1.54) is 0 Å². The number of hydrogen-bond acceptors (Lipinski definition) is 1. The van der Waals surface area contributed by atoms with Crippen LogP contribution in [0.4, 0.5) is 10.5 Å². The number of benzene rings is 2. The molecule has 0 aliphatic heterocycles. The summed E-state index contributed by atoms with van der Waals surface area (Å²) in [4.78, 5) is 11.7. The van der Waals surface area contributed by atoms with E-state index >= 15 is 0 Å². The van der Waals surface area contributed by atoms with E-state index in [1.807, 2.05) is 24.3 Å². The van der Waals surface area contributed by atoms with Gasteiger partial charge in [-0.15, -0.1) is 0 Å². The summed E-state index contributed by atoms with van der Waals surface area (Å²) in [7, 11) is 0. The van der Waals surface area contributed by atoms with Crippen molar-refractivity contribution in [3.05, 3.63) is 68.7 Å². The summed E-state index contributed by atoms with van der Waals surface area (Å²) in [6.45, 7) is 0. The Morgan fingerprint density at radius 1 is 1.05 bits per heavy atom. The molecule has 0 unspecified atom stereocenters. The van der Waals surface area contributed by atoms with Gasteiger partial charge in [-0.2, -0.15) is 0 Å². The molecule has 0 saturated heterocycles. The number of rotatable bonds is 3. The number of halogens is 3. The zero-order valence-electron chi connectivity index (χ0n) is 10.7. The van der Waals surface area contributed by atoms with Crippen LogP contribution in [-0.4, -0.2) is 6.03 Å². The normalized spacial score (nSPS) is 10.6. The average Bonchev–Trinajstić information content (AvgIpc) is 2.39. The Hall–Kier alpha value is -1.49. The molecule has 3 nitrogen and oxygen atoms in total. The molecule has 2 amide bonds. The Morgan fingerprint density at radius 2 is 1.67 bits per heavy atom. The van der Waals surface area contributed by atoms with Crippen molar-refractivity contribution in [3.8, 4) is 0 Å². The van der Waals surface area contributed by atoms with Crippen molar-refractivity contribution in [1.82, 2.24) is 5.32 Å². The Kier molecular flexibility index (Phi) is 5.67. The van der Waals surface area contributed by atoms with E-state index in [0.717, 1.165) is 10.0 Å². The Morgan fingerprint density at radius 3 is 2.29 bits per heavy atom. The van der Waals surface area contributed by atoms with Gasteiger partial charge in [0.1, 0.15) is 0 Å². The summed E-state index contributed by atoms with van der Waals surface area (Å²) in [6.07, 6.45) is 3.35. The maximum Gasteiger partial charge on any atom is 0.323 e. The van der Waals surface area contributed by atoms with E-state index in [-0.39, 0.29) is 6.03 Å². The standard InChI is InChI=1S/C15H11BrCl2N2O/c16-11-3-1-10(2-4-11)5-6-19-15(21)20-14-8-12(17)7-13(18)9-14/h1-9H,(H2,19,20,21)/b6-5+. The molecule has 108 valence electrons. The highest BCUT2D eigenvalue weighted by molar-refractivity contribution is 9.10. The molecule has 0 heterocycles. The molecule has 0 saturated carbocycles. The third-order valence-electron chi connectivity index (χ3n) is 2.48. The van der Waals surface area contributed by atoms with Crippen molar-refractivity contribution in [1.29, 1.82) is 0 Å². The van der Waals surface area contributed by atoms with E-state index in [0.29, 0.717) is 15.7 Å². The first-order valence-electron chi connectivity index (χ1n) is 5.99. The van der Waals surface area contributed by atoms with Gasteiger partial charge in [-0.25, -0.2) is 4.79 Å². The number of amides is 2. The van der Waals surface area contributed by atoms with E-state index in [2.05, 4.69) is 26.6 Å². The van der Waals surface area contributed by atoms with Crippen LogP contribution in [0.5, 0.6) is 0 Å². The van der Waals surface area contributed by atoms with Crippen molar-refractivity contribution in [2.75, 3.05) is 5.32 Å².